The van der Waals surface area contributed by atoms with Crippen molar-refractivity contribution < 1.29 is 9.90 Å². The molecule has 1 aromatic rings. The number of nitriles is 1. The molecule has 1 aromatic heterocycles. The summed E-state index contributed by atoms with van der Waals surface area (Å²) in [5, 5.41) is 18.2. The zero-order chi connectivity index (χ0) is 13.4. The van der Waals surface area contributed by atoms with Crippen molar-refractivity contribution in [2.24, 2.45) is 11.8 Å². The molecule has 19 heavy (non-hydrogen) atoms. The number of aromatic nitrogens is 1. The van der Waals surface area contributed by atoms with Crippen molar-refractivity contribution in [3.63, 3.8) is 0 Å². The van der Waals surface area contributed by atoms with E-state index in [1.54, 1.807) is 12.1 Å². The zero-order valence-corrected chi connectivity index (χ0v) is 10.5. The summed E-state index contributed by atoms with van der Waals surface area (Å²) in [5.41, 5.74) is 0.495. The van der Waals surface area contributed by atoms with E-state index in [0.29, 0.717) is 17.3 Å². The van der Waals surface area contributed by atoms with E-state index in [1.807, 2.05) is 11.0 Å². The Morgan fingerprint density at radius 2 is 2.32 bits per heavy atom. The molecule has 0 amide bonds. The summed E-state index contributed by atoms with van der Waals surface area (Å²) in [6.07, 6.45) is 4.74. The van der Waals surface area contributed by atoms with E-state index >= 15 is 0 Å². The zero-order valence-electron chi connectivity index (χ0n) is 10.5. The Morgan fingerprint density at radius 3 is 2.95 bits per heavy atom. The third kappa shape index (κ3) is 1.93. The second-order valence-corrected chi connectivity index (χ2v) is 5.31. The van der Waals surface area contributed by atoms with Gasteiger partial charge in [-0.15, -0.1) is 0 Å². The number of carboxylic acid groups (broad SMARTS) is 1. The van der Waals surface area contributed by atoms with E-state index in [9.17, 15) is 9.90 Å². The minimum atomic E-state index is -0.763. The average molecular weight is 257 g/mol. The van der Waals surface area contributed by atoms with Crippen LogP contribution in [0.25, 0.3) is 0 Å². The van der Waals surface area contributed by atoms with Gasteiger partial charge in [-0.3, -0.25) is 0 Å². The van der Waals surface area contributed by atoms with E-state index in [4.69, 9.17) is 5.26 Å². The minimum Gasteiger partial charge on any atom is -0.480 e. The number of hydrogen-bond donors (Lipinski definition) is 1. The number of carbonyl (C=O) groups is 1. The van der Waals surface area contributed by atoms with Gasteiger partial charge < -0.3 is 10.0 Å². The summed E-state index contributed by atoms with van der Waals surface area (Å²) in [6.45, 7) is 0.764. The first-order chi connectivity index (χ1) is 9.20. The van der Waals surface area contributed by atoms with Gasteiger partial charge in [-0.1, -0.05) is 6.42 Å². The Hall–Kier alpha value is -2.09. The van der Waals surface area contributed by atoms with Gasteiger partial charge in [-0.05, 0) is 36.8 Å². The molecule has 0 aromatic carbocycles. The number of nitrogens with zero attached hydrogens (tertiary/aromatic N) is 3. The highest BCUT2D eigenvalue weighted by Crippen LogP contribution is 2.43. The van der Waals surface area contributed by atoms with Gasteiger partial charge in [0.1, 0.15) is 17.9 Å². The van der Waals surface area contributed by atoms with Crippen LogP contribution in [0.2, 0.25) is 0 Å². The quantitative estimate of drug-likeness (QED) is 0.871. The average Bonchev–Trinajstić information content (AvgIpc) is 2.98. The van der Waals surface area contributed by atoms with Crippen molar-refractivity contribution >= 4 is 11.8 Å². The molecule has 1 N–H and O–H groups in total. The Bertz CT molecular complexity index is 535. The molecule has 0 spiro atoms. The van der Waals surface area contributed by atoms with Crippen LogP contribution in [-0.4, -0.2) is 28.6 Å². The Balaban J connectivity index is 1.90. The van der Waals surface area contributed by atoms with Gasteiger partial charge in [0.15, 0.2) is 0 Å². The highest BCUT2D eigenvalue weighted by Gasteiger charge is 2.48. The first-order valence-corrected chi connectivity index (χ1v) is 6.56. The van der Waals surface area contributed by atoms with Crippen molar-refractivity contribution in [3.05, 3.63) is 23.9 Å². The lowest BCUT2D eigenvalue weighted by Gasteiger charge is -2.25. The number of anilines is 1. The number of aliphatic carboxylic acids is 1. The molecule has 2 aliphatic rings. The van der Waals surface area contributed by atoms with Crippen LogP contribution < -0.4 is 4.90 Å². The van der Waals surface area contributed by atoms with Crippen molar-refractivity contribution in [1.29, 1.82) is 5.26 Å². The Morgan fingerprint density at radius 1 is 1.47 bits per heavy atom. The van der Waals surface area contributed by atoms with Crippen LogP contribution >= 0.6 is 0 Å². The normalized spacial score (nSPS) is 29.0. The lowest BCUT2D eigenvalue weighted by atomic mass is 9.94. The molecular formula is C14H15N3O2. The van der Waals surface area contributed by atoms with E-state index < -0.39 is 12.0 Å². The predicted octanol–water partition coefficient (Wildman–Crippen LogP) is 1.64. The molecule has 0 bridgehead atoms. The predicted molar refractivity (Wildman–Crippen MR) is 68.6 cm³/mol. The van der Waals surface area contributed by atoms with Crippen LogP contribution in [0.15, 0.2) is 18.3 Å². The first-order valence-electron chi connectivity index (χ1n) is 6.56. The van der Waals surface area contributed by atoms with Gasteiger partial charge in [0, 0.05) is 12.7 Å². The number of rotatable bonds is 2. The van der Waals surface area contributed by atoms with Crippen LogP contribution in [-0.2, 0) is 4.79 Å². The molecule has 1 aliphatic carbocycles. The van der Waals surface area contributed by atoms with Gasteiger partial charge in [0.25, 0.3) is 0 Å². The molecule has 1 aliphatic heterocycles. The maximum Gasteiger partial charge on any atom is 0.326 e. The number of fused-ring (bicyclic) bond motifs is 1. The third-order valence-corrected chi connectivity index (χ3v) is 4.31. The first kappa shape index (κ1) is 12.0. The fraction of sp³-hybridized carbons (Fsp3) is 0.500. The second kappa shape index (κ2) is 4.54. The summed E-state index contributed by atoms with van der Waals surface area (Å²) in [5.74, 6) is 0.620. The SMILES string of the molecule is N#Cc1ccc(N2CC3CCCC3C2C(=O)O)nc1. The summed E-state index contributed by atoms with van der Waals surface area (Å²) >= 11 is 0. The number of carboxylic acids is 1. The molecule has 1 saturated carbocycles. The van der Waals surface area contributed by atoms with Crippen molar-refractivity contribution in [3.8, 4) is 6.07 Å². The fourth-order valence-electron chi connectivity index (χ4n) is 3.48. The summed E-state index contributed by atoms with van der Waals surface area (Å²) < 4.78 is 0. The maximum atomic E-state index is 11.5. The molecule has 0 radical (unpaired) electrons. The third-order valence-electron chi connectivity index (χ3n) is 4.31. The lowest BCUT2D eigenvalue weighted by molar-refractivity contribution is -0.139. The molecule has 98 valence electrons. The maximum absolute atomic E-state index is 11.5. The van der Waals surface area contributed by atoms with Crippen molar-refractivity contribution in [1.82, 2.24) is 4.98 Å². The smallest absolute Gasteiger partial charge is 0.326 e. The molecule has 3 unspecified atom stereocenters. The second-order valence-electron chi connectivity index (χ2n) is 5.31. The highest BCUT2D eigenvalue weighted by molar-refractivity contribution is 5.79. The van der Waals surface area contributed by atoms with Crippen molar-refractivity contribution in [2.75, 3.05) is 11.4 Å². The molecule has 5 nitrogen and oxygen atoms in total. The van der Waals surface area contributed by atoms with E-state index in [0.717, 1.165) is 25.8 Å². The summed E-state index contributed by atoms with van der Waals surface area (Å²) in [4.78, 5) is 17.6. The summed E-state index contributed by atoms with van der Waals surface area (Å²) in [6, 6.07) is 4.99. The van der Waals surface area contributed by atoms with Gasteiger partial charge in [0.2, 0.25) is 0 Å². The molecule has 2 fully saturated rings. The van der Waals surface area contributed by atoms with Crippen LogP contribution in [0.4, 0.5) is 5.82 Å². The molecule has 3 rings (SSSR count). The lowest BCUT2D eigenvalue weighted by Crippen LogP contribution is -2.40. The number of pyridine rings is 1. The molecule has 3 atom stereocenters. The van der Waals surface area contributed by atoms with E-state index in [-0.39, 0.29) is 5.92 Å². The molecule has 2 heterocycles. The number of hydrogen-bond acceptors (Lipinski definition) is 4. The van der Waals surface area contributed by atoms with Gasteiger partial charge in [0.05, 0.1) is 5.56 Å². The molecule has 5 heteroatoms. The Kier molecular flexibility index (Phi) is 2.86. The molecular weight excluding hydrogens is 242 g/mol. The fourth-order valence-corrected chi connectivity index (χ4v) is 3.48. The molecule has 1 saturated heterocycles. The monoisotopic (exact) mass is 257 g/mol. The summed E-state index contributed by atoms with van der Waals surface area (Å²) in [7, 11) is 0. The van der Waals surface area contributed by atoms with Gasteiger partial charge in [-0.2, -0.15) is 5.26 Å². The highest BCUT2D eigenvalue weighted by atomic mass is 16.4. The van der Waals surface area contributed by atoms with Crippen LogP contribution in [0.5, 0.6) is 0 Å². The van der Waals surface area contributed by atoms with Crippen LogP contribution in [0.3, 0.4) is 0 Å². The topological polar surface area (TPSA) is 77.2 Å². The minimum absolute atomic E-state index is 0.245. The van der Waals surface area contributed by atoms with Crippen LogP contribution in [0, 0.1) is 23.2 Å². The Labute approximate surface area is 111 Å². The van der Waals surface area contributed by atoms with E-state index in [1.165, 1.54) is 6.20 Å². The largest absolute Gasteiger partial charge is 0.480 e. The van der Waals surface area contributed by atoms with Crippen LogP contribution in [0.1, 0.15) is 24.8 Å². The standard InChI is InChI=1S/C14H15N3O2/c15-6-9-4-5-12(16-7-9)17-8-10-2-1-3-11(10)13(17)14(18)19/h4-5,7,10-11,13H,1-3,8H2,(H,18,19). The van der Waals surface area contributed by atoms with Crippen molar-refractivity contribution in [2.45, 2.75) is 25.3 Å². The van der Waals surface area contributed by atoms with E-state index in [2.05, 4.69) is 4.98 Å². The van der Waals surface area contributed by atoms with Gasteiger partial charge in [-0.25, -0.2) is 9.78 Å². The van der Waals surface area contributed by atoms with Gasteiger partial charge >= 0.3 is 5.97 Å².